The van der Waals surface area contributed by atoms with Crippen molar-refractivity contribution in [2.45, 2.75) is 139 Å². The van der Waals surface area contributed by atoms with E-state index in [2.05, 4.69) is 26.8 Å². The van der Waals surface area contributed by atoms with Crippen LogP contribution >= 0.6 is 0 Å². The second-order valence-corrected chi connectivity index (χ2v) is 16.0. The second kappa shape index (κ2) is 10.7. The Labute approximate surface area is 259 Å². The molecule has 11 heteroatoms. The summed E-state index contributed by atoms with van der Waals surface area (Å²) in [5.74, 6) is -0.0612. The summed E-state index contributed by atoms with van der Waals surface area (Å²) in [6.07, 6.45) is -1.67. The molecule has 5 unspecified atom stereocenters. The second-order valence-electron chi connectivity index (χ2n) is 16.0. The van der Waals surface area contributed by atoms with Crippen LogP contribution in [0.2, 0.25) is 0 Å². The maximum atomic E-state index is 11.9. The highest BCUT2D eigenvalue weighted by molar-refractivity contribution is 5.29. The molecular weight excluding hydrogens is 572 g/mol. The van der Waals surface area contributed by atoms with Gasteiger partial charge in [-0.3, -0.25) is 0 Å². The molecule has 44 heavy (non-hydrogen) atoms. The molecule has 11 nitrogen and oxygen atoms in total. The van der Waals surface area contributed by atoms with Gasteiger partial charge in [0.25, 0.3) is 0 Å². The largest absolute Gasteiger partial charge is 0.394 e. The number of hydrogen-bond acceptors (Lipinski definition) is 11. The zero-order valence-corrected chi connectivity index (χ0v) is 26.3. The Balaban J connectivity index is 1.07. The Bertz CT molecular complexity index is 1150. The molecule has 0 aromatic rings. The third-order valence-electron chi connectivity index (χ3n) is 13.6. The van der Waals surface area contributed by atoms with E-state index in [0.29, 0.717) is 38.0 Å². The van der Waals surface area contributed by atoms with Crippen molar-refractivity contribution in [3.8, 4) is 0 Å². The van der Waals surface area contributed by atoms with Crippen LogP contribution in [-0.2, 0) is 18.9 Å². The van der Waals surface area contributed by atoms with Gasteiger partial charge in [0, 0.05) is 24.2 Å². The summed E-state index contributed by atoms with van der Waals surface area (Å²) >= 11 is 0. The van der Waals surface area contributed by atoms with Crippen molar-refractivity contribution in [3.63, 3.8) is 0 Å². The highest BCUT2D eigenvalue weighted by atomic mass is 16.7. The van der Waals surface area contributed by atoms with Crippen LogP contribution in [-0.4, -0.2) is 115 Å². The van der Waals surface area contributed by atoms with Crippen LogP contribution < -0.4 is 0 Å². The molecule has 6 fully saturated rings. The topological polar surface area (TPSA) is 179 Å². The van der Waals surface area contributed by atoms with Crippen molar-refractivity contribution in [1.82, 2.24) is 0 Å². The van der Waals surface area contributed by atoms with Crippen molar-refractivity contribution in [2.24, 2.45) is 40.4 Å². The van der Waals surface area contributed by atoms with Crippen LogP contribution in [0.5, 0.6) is 0 Å². The summed E-state index contributed by atoms with van der Waals surface area (Å²) in [4.78, 5) is 0. The van der Waals surface area contributed by atoms with E-state index in [1.54, 1.807) is 0 Å². The van der Waals surface area contributed by atoms with Crippen molar-refractivity contribution < 1.29 is 54.7 Å². The predicted molar refractivity (Wildman–Crippen MR) is 155 cm³/mol. The van der Waals surface area contributed by atoms with Gasteiger partial charge in [-0.2, -0.15) is 0 Å². The quantitative estimate of drug-likeness (QED) is 0.218. The van der Waals surface area contributed by atoms with E-state index in [-0.39, 0.29) is 41.8 Å². The zero-order chi connectivity index (χ0) is 31.6. The molecule has 0 bridgehead atoms. The molecule has 3 saturated heterocycles. The van der Waals surface area contributed by atoms with E-state index in [1.165, 1.54) is 0 Å². The minimum Gasteiger partial charge on any atom is -0.394 e. The zero-order valence-electron chi connectivity index (χ0n) is 26.3. The lowest BCUT2D eigenvalue weighted by Gasteiger charge is -2.61. The first-order chi connectivity index (χ1) is 20.7. The van der Waals surface area contributed by atoms with Gasteiger partial charge in [-0.1, -0.05) is 32.4 Å². The van der Waals surface area contributed by atoms with Gasteiger partial charge in [0.2, 0.25) is 0 Å². The van der Waals surface area contributed by atoms with Gasteiger partial charge >= 0.3 is 0 Å². The molecule has 0 aromatic carbocycles. The Morgan fingerprint density at radius 2 is 1.70 bits per heavy atom. The van der Waals surface area contributed by atoms with Gasteiger partial charge in [-0.15, -0.1) is 0 Å². The molecule has 18 atom stereocenters. The van der Waals surface area contributed by atoms with Gasteiger partial charge in [0.05, 0.1) is 43.2 Å². The maximum Gasteiger partial charge on any atom is 0.186 e. The molecule has 3 aliphatic heterocycles. The number of aliphatic hydroxyl groups is 7. The normalized spacial score (nSPS) is 60.0. The van der Waals surface area contributed by atoms with Crippen molar-refractivity contribution in [3.05, 3.63) is 11.6 Å². The van der Waals surface area contributed by atoms with Crippen LogP contribution in [0.15, 0.2) is 11.6 Å². The summed E-state index contributed by atoms with van der Waals surface area (Å²) < 4.78 is 25.1. The fourth-order valence-corrected chi connectivity index (χ4v) is 11.4. The Kier molecular flexibility index (Phi) is 7.72. The molecule has 7 rings (SSSR count). The lowest BCUT2D eigenvalue weighted by Crippen LogP contribution is -2.60. The van der Waals surface area contributed by atoms with Gasteiger partial charge in [0.15, 0.2) is 12.1 Å². The van der Waals surface area contributed by atoms with Crippen LogP contribution in [0.3, 0.4) is 0 Å². The molecule has 0 aromatic heterocycles. The average Bonchev–Trinajstić information content (AvgIpc) is 3.55. The maximum absolute atomic E-state index is 11.9. The monoisotopic (exact) mass is 624 g/mol. The summed E-state index contributed by atoms with van der Waals surface area (Å²) in [6, 6.07) is 0. The Morgan fingerprint density at radius 1 is 0.955 bits per heavy atom. The van der Waals surface area contributed by atoms with E-state index >= 15 is 0 Å². The lowest BCUT2D eigenvalue weighted by atomic mass is 9.45. The first-order valence-corrected chi connectivity index (χ1v) is 16.7. The highest BCUT2D eigenvalue weighted by Crippen LogP contribution is 2.71. The van der Waals surface area contributed by atoms with E-state index in [9.17, 15) is 35.7 Å². The van der Waals surface area contributed by atoms with Crippen molar-refractivity contribution >= 4 is 0 Å². The lowest BCUT2D eigenvalue weighted by molar-refractivity contribution is -0.318. The van der Waals surface area contributed by atoms with Gasteiger partial charge in [-0.25, -0.2) is 0 Å². The van der Waals surface area contributed by atoms with Gasteiger partial charge in [-0.05, 0) is 68.1 Å². The van der Waals surface area contributed by atoms with E-state index in [4.69, 9.17) is 18.9 Å². The van der Waals surface area contributed by atoms with Crippen molar-refractivity contribution in [1.29, 1.82) is 0 Å². The molecule has 0 amide bonds. The first-order valence-electron chi connectivity index (χ1n) is 16.7. The molecule has 3 saturated carbocycles. The molecule has 250 valence electrons. The number of rotatable bonds is 4. The van der Waals surface area contributed by atoms with Crippen LogP contribution in [0.4, 0.5) is 0 Å². The van der Waals surface area contributed by atoms with E-state index < -0.39 is 72.4 Å². The predicted octanol–water partition coefficient (Wildman–Crippen LogP) is 0.595. The average molecular weight is 625 g/mol. The van der Waals surface area contributed by atoms with Gasteiger partial charge in [0.1, 0.15) is 24.4 Å². The number of ether oxygens (including phenoxy) is 4. The third kappa shape index (κ3) is 4.41. The summed E-state index contributed by atoms with van der Waals surface area (Å²) in [7, 11) is 0. The number of allylic oxidation sites excluding steroid dienone is 1. The van der Waals surface area contributed by atoms with E-state index in [0.717, 1.165) is 18.4 Å². The fourth-order valence-electron chi connectivity index (χ4n) is 11.4. The first kappa shape index (κ1) is 31.9. The summed E-state index contributed by atoms with van der Waals surface area (Å²) in [6.45, 7) is 8.10. The molecule has 7 N–H and O–H groups in total. The minimum absolute atomic E-state index is 0.0176. The third-order valence-corrected chi connectivity index (χ3v) is 13.6. The molecule has 7 aliphatic rings. The standard InChI is InChI=1S/C33H52O11/c1-15-24-21(43-33(15)8-7-30(2,44-33)14-41-29-28(40)27(39)26(38)22(13-34)42-29)11-19-18-6-5-16-9-17(35)10-23(37)32(16,4)25(18)20(36)12-31(19,24)3/h5,15,17-29,34-40H,6-14H2,1-4H3/t15-,17+,18?,19?,20?,21-,22+,23+,24-,25?,26+,27-,28+,29+,30-,31-,32+,33?/m0/s1. The molecule has 4 aliphatic carbocycles. The minimum atomic E-state index is -1.51. The van der Waals surface area contributed by atoms with Crippen LogP contribution in [0.25, 0.3) is 0 Å². The van der Waals surface area contributed by atoms with Crippen molar-refractivity contribution in [2.75, 3.05) is 13.2 Å². The number of fused-ring (bicyclic) bond motifs is 7. The van der Waals surface area contributed by atoms with Crippen LogP contribution in [0.1, 0.15) is 72.6 Å². The highest BCUT2D eigenvalue weighted by Gasteiger charge is 2.72. The Morgan fingerprint density at radius 3 is 2.43 bits per heavy atom. The molecular formula is C33H52O11. The van der Waals surface area contributed by atoms with Gasteiger partial charge < -0.3 is 54.7 Å². The smallest absolute Gasteiger partial charge is 0.186 e. The molecule has 1 spiro atoms. The fraction of sp³-hybridized carbons (Fsp3) is 0.939. The molecule has 3 heterocycles. The number of aliphatic hydroxyl groups excluding tert-OH is 7. The number of hydrogen-bond donors (Lipinski definition) is 7. The SMILES string of the molecule is C[C@H]1[C@H]2[C@H](CC3C4CC=C5C[C@@H](O)C[C@@H](O)[C@]5(C)C4C(O)C[C@@]32C)OC12CC[C@@](C)(CO[C@@H]1O[C@H](CO)[C@@H](O)[C@H](O)[C@H]1O)O2. The summed E-state index contributed by atoms with van der Waals surface area (Å²) in [5.41, 5.74) is -0.348. The Hall–Kier alpha value is -0.700. The molecule has 0 radical (unpaired) electrons. The van der Waals surface area contributed by atoms with Crippen LogP contribution in [0, 0.1) is 40.4 Å². The van der Waals surface area contributed by atoms with E-state index in [1.807, 2.05) is 6.92 Å². The summed E-state index contributed by atoms with van der Waals surface area (Å²) in [5, 5.41) is 73.7.